The number of aromatic hydroxyl groups is 2. The summed E-state index contributed by atoms with van der Waals surface area (Å²) in [5.74, 6) is -1.06. The molecule has 0 aliphatic heterocycles. The molecule has 0 bridgehead atoms. The Hall–Kier alpha value is -1.71. The molecule has 0 radical (unpaired) electrons. The summed E-state index contributed by atoms with van der Waals surface area (Å²) < 4.78 is 0. The largest absolute Gasteiger partial charge is 0.504 e. The molecule has 0 aromatic heterocycles. The standard InChI is InChI=1S/C9H11NO3.C2H6/c1-2-10-9(13)6-4-3-5-7(11)8(6)12;1-2/h3-5,11-12H,2H2,1H3,(H,10,13);1-2H3. The van der Waals surface area contributed by atoms with E-state index < -0.39 is 5.91 Å². The van der Waals surface area contributed by atoms with Gasteiger partial charge in [-0.1, -0.05) is 19.9 Å². The summed E-state index contributed by atoms with van der Waals surface area (Å²) in [7, 11) is 0. The van der Waals surface area contributed by atoms with Gasteiger partial charge in [0.1, 0.15) is 0 Å². The van der Waals surface area contributed by atoms with Crippen LogP contribution in [0.1, 0.15) is 31.1 Å². The molecule has 3 N–H and O–H groups in total. The lowest BCUT2D eigenvalue weighted by molar-refractivity contribution is 0.0952. The second-order valence-corrected chi connectivity index (χ2v) is 2.53. The highest BCUT2D eigenvalue weighted by Crippen LogP contribution is 2.27. The molecule has 0 atom stereocenters. The van der Waals surface area contributed by atoms with Crippen LogP contribution in [0.2, 0.25) is 0 Å². The molecule has 1 aromatic carbocycles. The van der Waals surface area contributed by atoms with Crippen LogP contribution in [0.3, 0.4) is 0 Å². The number of nitrogens with one attached hydrogen (secondary N) is 1. The molecule has 0 spiro atoms. The van der Waals surface area contributed by atoms with Crippen LogP contribution in [0.5, 0.6) is 11.5 Å². The number of hydrogen-bond acceptors (Lipinski definition) is 3. The molecule has 4 nitrogen and oxygen atoms in total. The van der Waals surface area contributed by atoms with Crippen molar-refractivity contribution in [3.05, 3.63) is 23.8 Å². The van der Waals surface area contributed by atoms with E-state index in [9.17, 15) is 9.90 Å². The maximum atomic E-state index is 11.2. The van der Waals surface area contributed by atoms with Crippen LogP contribution in [0.25, 0.3) is 0 Å². The van der Waals surface area contributed by atoms with E-state index in [1.807, 2.05) is 13.8 Å². The molecule has 15 heavy (non-hydrogen) atoms. The number of benzene rings is 1. The molecule has 0 saturated carbocycles. The summed E-state index contributed by atoms with van der Waals surface area (Å²) in [5, 5.41) is 20.9. The molecule has 1 rings (SSSR count). The Bertz CT molecular complexity index is 324. The highest BCUT2D eigenvalue weighted by molar-refractivity contribution is 5.97. The first-order valence-electron chi connectivity index (χ1n) is 4.96. The van der Waals surface area contributed by atoms with E-state index in [0.29, 0.717) is 6.54 Å². The summed E-state index contributed by atoms with van der Waals surface area (Å²) in [5.41, 5.74) is 0.0850. The summed E-state index contributed by atoms with van der Waals surface area (Å²) in [6, 6.07) is 4.26. The molecule has 1 aromatic rings. The second kappa shape index (κ2) is 6.70. The third kappa shape index (κ3) is 3.50. The summed E-state index contributed by atoms with van der Waals surface area (Å²) >= 11 is 0. The number of rotatable bonds is 2. The van der Waals surface area contributed by atoms with Gasteiger partial charge in [-0.2, -0.15) is 0 Å². The Morgan fingerprint density at radius 1 is 1.33 bits per heavy atom. The smallest absolute Gasteiger partial charge is 0.255 e. The van der Waals surface area contributed by atoms with Gasteiger partial charge in [-0.25, -0.2) is 0 Å². The number of hydrogen-bond donors (Lipinski definition) is 3. The Labute approximate surface area is 89.6 Å². The molecule has 0 aliphatic rings. The Morgan fingerprint density at radius 3 is 2.47 bits per heavy atom. The van der Waals surface area contributed by atoms with Crippen molar-refractivity contribution in [2.75, 3.05) is 6.54 Å². The van der Waals surface area contributed by atoms with Gasteiger partial charge in [-0.3, -0.25) is 4.79 Å². The van der Waals surface area contributed by atoms with E-state index in [0.717, 1.165) is 0 Å². The Kier molecular flexibility index (Phi) is 5.94. The van der Waals surface area contributed by atoms with Gasteiger partial charge in [0.15, 0.2) is 11.5 Å². The SMILES string of the molecule is CC.CCNC(=O)c1cccc(O)c1O. The van der Waals surface area contributed by atoms with Gasteiger partial charge < -0.3 is 15.5 Å². The second-order valence-electron chi connectivity index (χ2n) is 2.53. The molecule has 0 aliphatic carbocycles. The third-order valence-corrected chi connectivity index (χ3v) is 1.60. The van der Waals surface area contributed by atoms with Crippen molar-refractivity contribution in [1.82, 2.24) is 5.32 Å². The minimum absolute atomic E-state index is 0.0850. The van der Waals surface area contributed by atoms with Crippen LogP contribution in [0.15, 0.2) is 18.2 Å². The van der Waals surface area contributed by atoms with E-state index in [1.54, 1.807) is 6.92 Å². The maximum Gasteiger partial charge on any atom is 0.255 e. The van der Waals surface area contributed by atoms with Gasteiger partial charge in [0.2, 0.25) is 0 Å². The predicted molar refractivity (Wildman–Crippen MR) is 59.1 cm³/mol. The van der Waals surface area contributed by atoms with Crippen LogP contribution in [-0.4, -0.2) is 22.7 Å². The van der Waals surface area contributed by atoms with Gasteiger partial charge in [-0.15, -0.1) is 0 Å². The van der Waals surface area contributed by atoms with Gasteiger partial charge >= 0.3 is 0 Å². The molecule has 0 saturated heterocycles. The summed E-state index contributed by atoms with van der Waals surface area (Å²) in [6.07, 6.45) is 0. The number of para-hydroxylation sites is 1. The molecule has 0 fully saturated rings. The first-order valence-corrected chi connectivity index (χ1v) is 4.96. The van der Waals surface area contributed by atoms with Crippen molar-refractivity contribution >= 4 is 5.91 Å². The van der Waals surface area contributed by atoms with E-state index in [4.69, 9.17) is 5.11 Å². The van der Waals surface area contributed by atoms with E-state index >= 15 is 0 Å². The van der Waals surface area contributed by atoms with Crippen molar-refractivity contribution in [2.45, 2.75) is 20.8 Å². The molecule has 0 unspecified atom stereocenters. The molecule has 1 amide bonds. The van der Waals surface area contributed by atoms with Crippen LogP contribution in [0, 0.1) is 0 Å². The van der Waals surface area contributed by atoms with E-state index in [2.05, 4.69) is 5.32 Å². The number of phenolic OH excluding ortho intramolecular Hbond substituents is 2. The minimum Gasteiger partial charge on any atom is -0.504 e. The van der Waals surface area contributed by atoms with Crippen LogP contribution in [-0.2, 0) is 0 Å². The summed E-state index contributed by atoms with van der Waals surface area (Å²) in [4.78, 5) is 11.2. The fourth-order valence-electron chi connectivity index (χ4n) is 0.970. The highest BCUT2D eigenvalue weighted by Gasteiger charge is 2.12. The Morgan fingerprint density at radius 2 is 1.93 bits per heavy atom. The average molecular weight is 211 g/mol. The van der Waals surface area contributed by atoms with Gasteiger partial charge in [0, 0.05) is 6.54 Å². The van der Waals surface area contributed by atoms with Crippen molar-refractivity contribution in [3.63, 3.8) is 0 Å². The third-order valence-electron chi connectivity index (χ3n) is 1.60. The first kappa shape index (κ1) is 13.3. The zero-order chi connectivity index (χ0) is 11.8. The fraction of sp³-hybridized carbons (Fsp3) is 0.364. The lowest BCUT2D eigenvalue weighted by atomic mass is 10.2. The molecule has 4 heteroatoms. The molecule has 0 heterocycles. The lowest BCUT2D eigenvalue weighted by Gasteiger charge is -2.05. The van der Waals surface area contributed by atoms with Crippen LogP contribution < -0.4 is 5.32 Å². The van der Waals surface area contributed by atoms with E-state index in [1.165, 1.54) is 18.2 Å². The van der Waals surface area contributed by atoms with Gasteiger partial charge in [-0.05, 0) is 19.1 Å². The highest BCUT2D eigenvalue weighted by atomic mass is 16.3. The fourth-order valence-corrected chi connectivity index (χ4v) is 0.970. The maximum absolute atomic E-state index is 11.2. The zero-order valence-corrected chi connectivity index (χ0v) is 9.24. The van der Waals surface area contributed by atoms with E-state index in [-0.39, 0.29) is 17.1 Å². The summed E-state index contributed by atoms with van der Waals surface area (Å²) in [6.45, 7) is 6.26. The van der Waals surface area contributed by atoms with Crippen LogP contribution >= 0.6 is 0 Å². The number of carbonyl (C=O) groups is 1. The van der Waals surface area contributed by atoms with Crippen molar-refractivity contribution in [3.8, 4) is 11.5 Å². The van der Waals surface area contributed by atoms with Crippen LogP contribution in [0.4, 0.5) is 0 Å². The molecular weight excluding hydrogens is 194 g/mol. The number of phenols is 2. The Balaban J connectivity index is 0.000000921. The molecule has 84 valence electrons. The zero-order valence-electron chi connectivity index (χ0n) is 9.24. The quantitative estimate of drug-likeness (QED) is 0.654. The van der Waals surface area contributed by atoms with Gasteiger partial charge in [0.05, 0.1) is 5.56 Å². The number of carbonyl (C=O) groups excluding carboxylic acids is 1. The lowest BCUT2D eigenvalue weighted by Crippen LogP contribution is -2.22. The minimum atomic E-state index is -0.393. The van der Waals surface area contributed by atoms with Crippen molar-refractivity contribution in [2.24, 2.45) is 0 Å². The van der Waals surface area contributed by atoms with Gasteiger partial charge in [0.25, 0.3) is 5.91 Å². The van der Waals surface area contributed by atoms with Crippen molar-refractivity contribution in [1.29, 1.82) is 0 Å². The number of amides is 1. The van der Waals surface area contributed by atoms with Crippen molar-refractivity contribution < 1.29 is 15.0 Å². The topological polar surface area (TPSA) is 69.6 Å². The first-order chi connectivity index (χ1) is 7.16. The monoisotopic (exact) mass is 211 g/mol. The molecular formula is C11H17NO3. The predicted octanol–water partition coefficient (Wildman–Crippen LogP) is 1.87. The normalized spacial score (nSPS) is 8.73. The average Bonchev–Trinajstić information content (AvgIpc) is 2.25.